The largest absolute Gasteiger partial charge is 0.481 e. The molecular formula is C16H29NO2. The van der Waals surface area contributed by atoms with E-state index in [1.54, 1.807) is 0 Å². The van der Waals surface area contributed by atoms with E-state index in [-0.39, 0.29) is 0 Å². The van der Waals surface area contributed by atoms with Crippen LogP contribution in [0.2, 0.25) is 0 Å². The van der Waals surface area contributed by atoms with Gasteiger partial charge < -0.3 is 10.0 Å². The van der Waals surface area contributed by atoms with E-state index in [2.05, 4.69) is 11.8 Å². The topological polar surface area (TPSA) is 40.5 Å². The van der Waals surface area contributed by atoms with Crippen LogP contribution in [0.25, 0.3) is 0 Å². The number of carboxylic acids is 1. The molecule has 110 valence electrons. The molecule has 2 fully saturated rings. The summed E-state index contributed by atoms with van der Waals surface area (Å²) in [4.78, 5) is 14.1. The van der Waals surface area contributed by atoms with E-state index in [1.165, 1.54) is 38.6 Å². The molecule has 1 heterocycles. The first-order valence-electron chi connectivity index (χ1n) is 8.12. The maximum atomic E-state index is 11.5. The Kier molecular flexibility index (Phi) is 5.26. The predicted octanol–water partition coefficient (Wildman–Crippen LogP) is 3.53. The molecule has 1 aliphatic carbocycles. The zero-order valence-electron chi connectivity index (χ0n) is 12.4. The molecule has 0 amide bonds. The van der Waals surface area contributed by atoms with Gasteiger partial charge in [0.05, 0.1) is 5.41 Å². The SMILES string of the molecule is CCCC1(C(=O)O)CCN(CC2CCCCC2)CC1. The van der Waals surface area contributed by atoms with Gasteiger partial charge in [0.15, 0.2) is 0 Å². The van der Waals surface area contributed by atoms with E-state index in [4.69, 9.17) is 0 Å². The van der Waals surface area contributed by atoms with Gasteiger partial charge in [-0.15, -0.1) is 0 Å². The Hall–Kier alpha value is -0.570. The van der Waals surface area contributed by atoms with Gasteiger partial charge in [-0.3, -0.25) is 4.79 Å². The molecule has 3 heteroatoms. The fraction of sp³-hybridized carbons (Fsp3) is 0.938. The molecule has 0 unspecified atom stereocenters. The first-order valence-corrected chi connectivity index (χ1v) is 8.12. The number of likely N-dealkylation sites (tertiary alicyclic amines) is 1. The third-order valence-corrected chi connectivity index (χ3v) is 5.24. The lowest BCUT2D eigenvalue weighted by atomic mass is 9.74. The van der Waals surface area contributed by atoms with Gasteiger partial charge in [-0.25, -0.2) is 0 Å². The van der Waals surface area contributed by atoms with Crippen LogP contribution in [0.1, 0.15) is 64.7 Å². The van der Waals surface area contributed by atoms with Crippen molar-refractivity contribution >= 4 is 5.97 Å². The number of hydrogen-bond acceptors (Lipinski definition) is 2. The maximum Gasteiger partial charge on any atom is 0.309 e. The molecule has 0 atom stereocenters. The molecule has 1 aliphatic heterocycles. The molecule has 1 saturated carbocycles. The van der Waals surface area contributed by atoms with Gasteiger partial charge in [0.1, 0.15) is 0 Å². The van der Waals surface area contributed by atoms with Crippen LogP contribution in [-0.4, -0.2) is 35.6 Å². The molecule has 1 saturated heterocycles. The van der Waals surface area contributed by atoms with Crippen LogP contribution in [0.15, 0.2) is 0 Å². The minimum Gasteiger partial charge on any atom is -0.481 e. The fourth-order valence-electron chi connectivity index (χ4n) is 3.95. The average molecular weight is 267 g/mol. The van der Waals surface area contributed by atoms with Crippen molar-refractivity contribution in [1.29, 1.82) is 0 Å². The van der Waals surface area contributed by atoms with Crippen molar-refractivity contribution in [2.75, 3.05) is 19.6 Å². The molecular weight excluding hydrogens is 238 g/mol. The van der Waals surface area contributed by atoms with Gasteiger partial charge >= 0.3 is 5.97 Å². The molecule has 0 aromatic carbocycles. The van der Waals surface area contributed by atoms with E-state index >= 15 is 0 Å². The van der Waals surface area contributed by atoms with E-state index in [0.717, 1.165) is 44.7 Å². The summed E-state index contributed by atoms with van der Waals surface area (Å²) in [6, 6.07) is 0. The molecule has 1 N–H and O–H groups in total. The van der Waals surface area contributed by atoms with Gasteiger partial charge in [0.2, 0.25) is 0 Å². The highest BCUT2D eigenvalue weighted by Gasteiger charge is 2.40. The molecule has 0 spiro atoms. The standard InChI is InChI=1S/C16H29NO2/c1-2-8-16(15(18)19)9-11-17(12-10-16)13-14-6-4-3-5-7-14/h14H,2-13H2,1H3,(H,18,19). The Morgan fingerprint density at radius 1 is 1.21 bits per heavy atom. The van der Waals surface area contributed by atoms with Crippen molar-refractivity contribution in [2.45, 2.75) is 64.7 Å². The molecule has 2 rings (SSSR count). The first kappa shape index (κ1) is 14.8. The Balaban J connectivity index is 1.81. The minimum absolute atomic E-state index is 0.419. The summed E-state index contributed by atoms with van der Waals surface area (Å²) in [7, 11) is 0. The van der Waals surface area contributed by atoms with Crippen LogP contribution in [0, 0.1) is 11.3 Å². The van der Waals surface area contributed by atoms with Crippen molar-refractivity contribution < 1.29 is 9.90 Å². The van der Waals surface area contributed by atoms with Gasteiger partial charge in [0, 0.05) is 6.54 Å². The predicted molar refractivity (Wildman–Crippen MR) is 77.2 cm³/mol. The minimum atomic E-state index is -0.563. The number of aliphatic carboxylic acids is 1. The van der Waals surface area contributed by atoms with Crippen molar-refractivity contribution in [2.24, 2.45) is 11.3 Å². The fourth-order valence-corrected chi connectivity index (χ4v) is 3.95. The van der Waals surface area contributed by atoms with Crippen LogP contribution >= 0.6 is 0 Å². The molecule has 3 nitrogen and oxygen atoms in total. The number of piperidine rings is 1. The number of rotatable bonds is 5. The van der Waals surface area contributed by atoms with Crippen molar-refractivity contribution in [3.63, 3.8) is 0 Å². The highest BCUT2D eigenvalue weighted by molar-refractivity contribution is 5.74. The molecule has 19 heavy (non-hydrogen) atoms. The smallest absolute Gasteiger partial charge is 0.309 e. The quantitative estimate of drug-likeness (QED) is 0.828. The third-order valence-electron chi connectivity index (χ3n) is 5.24. The lowest BCUT2D eigenvalue weighted by Gasteiger charge is -2.40. The summed E-state index contributed by atoms with van der Waals surface area (Å²) in [5.41, 5.74) is -0.419. The number of hydrogen-bond donors (Lipinski definition) is 1. The highest BCUT2D eigenvalue weighted by Crippen LogP contribution is 2.37. The lowest BCUT2D eigenvalue weighted by Crippen LogP contribution is -2.45. The monoisotopic (exact) mass is 267 g/mol. The van der Waals surface area contributed by atoms with Crippen molar-refractivity contribution in [3.8, 4) is 0 Å². The maximum absolute atomic E-state index is 11.5. The average Bonchev–Trinajstić information content (AvgIpc) is 2.42. The molecule has 0 aromatic rings. The second kappa shape index (κ2) is 6.74. The molecule has 0 bridgehead atoms. The summed E-state index contributed by atoms with van der Waals surface area (Å²) in [5, 5.41) is 9.51. The first-order chi connectivity index (χ1) is 9.16. The number of carbonyl (C=O) groups is 1. The van der Waals surface area contributed by atoms with E-state index < -0.39 is 11.4 Å². The summed E-state index contributed by atoms with van der Waals surface area (Å²) < 4.78 is 0. The Labute approximate surface area is 117 Å². The van der Waals surface area contributed by atoms with Crippen LogP contribution in [-0.2, 0) is 4.79 Å². The Morgan fingerprint density at radius 2 is 1.84 bits per heavy atom. The highest BCUT2D eigenvalue weighted by atomic mass is 16.4. The van der Waals surface area contributed by atoms with Crippen LogP contribution in [0.5, 0.6) is 0 Å². The van der Waals surface area contributed by atoms with Gasteiger partial charge in [-0.05, 0) is 51.1 Å². The zero-order valence-corrected chi connectivity index (χ0v) is 12.4. The normalized spacial score (nSPS) is 25.3. The van der Waals surface area contributed by atoms with E-state index in [1.807, 2.05) is 0 Å². The second-order valence-electron chi connectivity index (χ2n) is 6.64. The summed E-state index contributed by atoms with van der Waals surface area (Å²) in [5.74, 6) is 0.309. The van der Waals surface area contributed by atoms with Crippen molar-refractivity contribution in [1.82, 2.24) is 4.90 Å². The van der Waals surface area contributed by atoms with E-state index in [9.17, 15) is 9.90 Å². The molecule has 0 aromatic heterocycles. The summed E-state index contributed by atoms with van der Waals surface area (Å²) in [6.07, 6.45) is 10.5. The Morgan fingerprint density at radius 3 is 2.37 bits per heavy atom. The second-order valence-corrected chi connectivity index (χ2v) is 6.64. The van der Waals surface area contributed by atoms with Crippen LogP contribution in [0.3, 0.4) is 0 Å². The van der Waals surface area contributed by atoms with Gasteiger partial charge in [-0.1, -0.05) is 32.6 Å². The number of nitrogens with zero attached hydrogens (tertiary/aromatic N) is 1. The van der Waals surface area contributed by atoms with Crippen molar-refractivity contribution in [3.05, 3.63) is 0 Å². The van der Waals surface area contributed by atoms with E-state index in [0.29, 0.717) is 0 Å². The lowest BCUT2D eigenvalue weighted by molar-refractivity contribution is -0.152. The van der Waals surface area contributed by atoms with Gasteiger partial charge in [-0.2, -0.15) is 0 Å². The van der Waals surface area contributed by atoms with Crippen LogP contribution in [0.4, 0.5) is 0 Å². The summed E-state index contributed by atoms with van der Waals surface area (Å²) in [6.45, 7) is 5.28. The van der Waals surface area contributed by atoms with Gasteiger partial charge in [0.25, 0.3) is 0 Å². The third kappa shape index (κ3) is 3.71. The zero-order chi connectivity index (χ0) is 13.7. The molecule has 0 radical (unpaired) electrons. The molecule has 2 aliphatic rings. The Bertz CT molecular complexity index is 289. The number of carboxylic acid groups (broad SMARTS) is 1. The van der Waals surface area contributed by atoms with Crippen LogP contribution < -0.4 is 0 Å². The summed E-state index contributed by atoms with van der Waals surface area (Å²) >= 11 is 0.